The predicted molar refractivity (Wildman–Crippen MR) is 126 cm³/mol. The average molecular weight is 448 g/mol. The van der Waals surface area contributed by atoms with E-state index in [4.69, 9.17) is 0 Å². The van der Waals surface area contributed by atoms with Gasteiger partial charge in [-0.2, -0.15) is 0 Å². The van der Waals surface area contributed by atoms with Crippen molar-refractivity contribution in [1.82, 2.24) is 25.1 Å². The first kappa shape index (κ1) is 21.2. The van der Waals surface area contributed by atoms with Crippen molar-refractivity contribution in [3.8, 4) is 17.1 Å². The summed E-state index contributed by atoms with van der Waals surface area (Å²) < 4.78 is 2.00. The molecule has 5 rings (SSSR count). The van der Waals surface area contributed by atoms with E-state index in [-0.39, 0.29) is 22.8 Å². The SMILES string of the molecule is CC1(C)C2CCC1(C)C(NC(=O)CSc1nnc(-c3cccnc3)n1-c1ccccc1)C2. The molecule has 3 atom stereocenters. The highest BCUT2D eigenvalue weighted by Crippen LogP contribution is 2.65. The van der Waals surface area contributed by atoms with Crippen LogP contribution in [0.5, 0.6) is 0 Å². The molecule has 1 aromatic carbocycles. The van der Waals surface area contributed by atoms with Crippen molar-refractivity contribution < 1.29 is 4.79 Å². The molecule has 0 aliphatic heterocycles. The van der Waals surface area contributed by atoms with Crippen LogP contribution in [0.1, 0.15) is 40.0 Å². The molecule has 0 saturated heterocycles. The highest BCUT2D eigenvalue weighted by molar-refractivity contribution is 7.99. The maximum Gasteiger partial charge on any atom is 0.230 e. The lowest BCUT2D eigenvalue weighted by Crippen LogP contribution is -2.47. The van der Waals surface area contributed by atoms with Gasteiger partial charge >= 0.3 is 0 Å². The molecular weight excluding hydrogens is 418 g/mol. The molecule has 166 valence electrons. The number of pyridine rings is 1. The third kappa shape index (κ3) is 3.43. The molecule has 2 bridgehead atoms. The fourth-order valence-corrected chi connectivity index (χ4v) is 6.41. The molecule has 32 heavy (non-hydrogen) atoms. The lowest BCUT2D eigenvalue weighted by atomic mass is 9.69. The summed E-state index contributed by atoms with van der Waals surface area (Å²) in [4.78, 5) is 17.1. The molecule has 2 saturated carbocycles. The zero-order valence-electron chi connectivity index (χ0n) is 18.8. The third-order valence-electron chi connectivity index (χ3n) is 8.03. The Labute approximate surface area is 193 Å². The van der Waals surface area contributed by atoms with Gasteiger partial charge in [0.1, 0.15) is 0 Å². The minimum absolute atomic E-state index is 0.0649. The Balaban J connectivity index is 1.34. The molecule has 1 amide bonds. The van der Waals surface area contributed by atoms with E-state index in [2.05, 4.69) is 41.3 Å². The number of carbonyl (C=O) groups is 1. The second-order valence-electron chi connectivity index (χ2n) is 9.74. The van der Waals surface area contributed by atoms with Gasteiger partial charge in [0.2, 0.25) is 5.91 Å². The Bertz CT molecular complexity index is 1110. The van der Waals surface area contributed by atoms with Crippen LogP contribution in [0.3, 0.4) is 0 Å². The van der Waals surface area contributed by atoms with Gasteiger partial charge in [-0.05, 0) is 60.3 Å². The maximum absolute atomic E-state index is 12.9. The van der Waals surface area contributed by atoms with Gasteiger partial charge in [0.05, 0.1) is 5.75 Å². The zero-order chi connectivity index (χ0) is 22.3. The predicted octanol–water partition coefficient (Wildman–Crippen LogP) is 4.75. The van der Waals surface area contributed by atoms with Gasteiger partial charge in [0, 0.05) is 29.7 Å². The van der Waals surface area contributed by atoms with Crippen LogP contribution < -0.4 is 5.32 Å². The number of aromatic nitrogens is 4. The largest absolute Gasteiger partial charge is 0.352 e. The second kappa shape index (κ2) is 8.03. The number of benzene rings is 1. The zero-order valence-corrected chi connectivity index (χ0v) is 19.6. The lowest BCUT2D eigenvalue weighted by molar-refractivity contribution is -0.120. The normalized spacial score (nSPS) is 25.7. The molecule has 0 spiro atoms. The third-order valence-corrected chi connectivity index (χ3v) is 8.96. The number of hydrogen-bond donors (Lipinski definition) is 1. The van der Waals surface area contributed by atoms with E-state index < -0.39 is 0 Å². The van der Waals surface area contributed by atoms with Gasteiger partial charge in [0.15, 0.2) is 11.0 Å². The first-order chi connectivity index (χ1) is 15.4. The number of thioether (sulfide) groups is 1. The molecule has 2 heterocycles. The van der Waals surface area contributed by atoms with E-state index in [0.29, 0.717) is 16.8 Å². The molecule has 6 nitrogen and oxygen atoms in total. The smallest absolute Gasteiger partial charge is 0.230 e. The molecule has 3 unspecified atom stereocenters. The Morgan fingerprint density at radius 2 is 1.97 bits per heavy atom. The minimum Gasteiger partial charge on any atom is -0.352 e. The van der Waals surface area contributed by atoms with Gasteiger partial charge in [-0.15, -0.1) is 10.2 Å². The van der Waals surface area contributed by atoms with Crippen LogP contribution in [-0.2, 0) is 4.79 Å². The monoisotopic (exact) mass is 447 g/mol. The highest BCUT2D eigenvalue weighted by atomic mass is 32.2. The van der Waals surface area contributed by atoms with Crippen molar-refractivity contribution in [3.63, 3.8) is 0 Å². The Hall–Kier alpha value is -2.67. The quantitative estimate of drug-likeness (QED) is 0.552. The number of hydrogen-bond acceptors (Lipinski definition) is 5. The van der Waals surface area contributed by atoms with E-state index in [0.717, 1.165) is 23.5 Å². The van der Waals surface area contributed by atoms with Crippen molar-refractivity contribution in [1.29, 1.82) is 0 Å². The summed E-state index contributed by atoms with van der Waals surface area (Å²) in [5.41, 5.74) is 2.30. The van der Waals surface area contributed by atoms with Crippen LogP contribution in [0, 0.1) is 16.7 Å². The molecule has 2 aliphatic rings. The van der Waals surface area contributed by atoms with Crippen LogP contribution in [-0.4, -0.2) is 37.5 Å². The van der Waals surface area contributed by atoms with Crippen molar-refractivity contribution in [2.75, 3.05) is 5.75 Å². The highest BCUT2D eigenvalue weighted by Gasteiger charge is 2.61. The Morgan fingerprint density at radius 3 is 2.62 bits per heavy atom. The fraction of sp³-hybridized carbons (Fsp3) is 0.440. The molecule has 2 aliphatic carbocycles. The lowest BCUT2D eigenvalue weighted by Gasteiger charge is -2.39. The first-order valence-electron chi connectivity index (χ1n) is 11.2. The molecule has 2 aromatic heterocycles. The minimum atomic E-state index is 0.0649. The van der Waals surface area contributed by atoms with Gasteiger partial charge in [-0.1, -0.05) is 50.7 Å². The topological polar surface area (TPSA) is 72.7 Å². The molecule has 0 radical (unpaired) electrons. The molecule has 1 N–H and O–H groups in total. The van der Waals surface area contributed by atoms with Crippen molar-refractivity contribution in [2.24, 2.45) is 16.7 Å². The Kier molecular flexibility index (Phi) is 5.32. The van der Waals surface area contributed by atoms with Gasteiger partial charge < -0.3 is 5.32 Å². The summed E-state index contributed by atoms with van der Waals surface area (Å²) >= 11 is 1.42. The second-order valence-corrected chi connectivity index (χ2v) is 10.7. The van der Waals surface area contributed by atoms with E-state index >= 15 is 0 Å². The molecule has 7 heteroatoms. The number of para-hydroxylation sites is 1. The summed E-state index contributed by atoms with van der Waals surface area (Å²) in [5.74, 6) is 1.80. The molecule has 2 fully saturated rings. The van der Waals surface area contributed by atoms with Crippen molar-refractivity contribution >= 4 is 17.7 Å². The average Bonchev–Trinajstić information content (AvgIpc) is 3.38. The summed E-state index contributed by atoms with van der Waals surface area (Å²) in [7, 11) is 0. The van der Waals surface area contributed by atoms with Crippen LogP contribution >= 0.6 is 11.8 Å². The van der Waals surface area contributed by atoms with Gasteiger partial charge in [0.25, 0.3) is 0 Å². The summed E-state index contributed by atoms with van der Waals surface area (Å²) in [6, 6.07) is 14.1. The van der Waals surface area contributed by atoms with E-state index in [9.17, 15) is 4.79 Å². The summed E-state index contributed by atoms with van der Waals surface area (Å²) in [6.07, 6.45) is 7.08. The first-order valence-corrected chi connectivity index (χ1v) is 12.2. The van der Waals surface area contributed by atoms with E-state index in [1.54, 1.807) is 12.4 Å². The molecule has 3 aromatic rings. The Morgan fingerprint density at radius 1 is 1.16 bits per heavy atom. The number of carbonyl (C=O) groups excluding carboxylic acids is 1. The van der Waals surface area contributed by atoms with Crippen LogP contribution in [0.15, 0.2) is 60.0 Å². The summed E-state index contributed by atoms with van der Waals surface area (Å²) in [5, 5.41) is 12.9. The van der Waals surface area contributed by atoms with E-state index in [1.165, 1.54) is 24.6 Å². The number of amides is 1. The number of nitrogens with one attached hydrogen (secondary N) is 1. The molecular formula is C25H29N5OS. The fourth-order valence-electron chi connectivity index (χ4n) is 5.64. The van der Waals surface area contributed by atoms with Crippen LogP contribution in [0.2, 0.25) is 0 Å². The number of fused-ring (bicyclic) bond motifs is 2. The summed E-state index contributed by atoms with van der Waals surface area (Å²) in [6.45, 7) is 7.09. The van der Waals surface area contributed by atoms with E-state index in [1.807, 2.05) is 47.0 Å². The van der Waals surface area contributed by atoms with Crippen LogP contribution in [0.25, 0.3) is 17.1 Å². The van der Waals surface area contributed by atoms with Gasteiger partial charge in [-0.25, -0.2) is 0 Å². The number of rotatable bonds is 6. The maximum atomic E-state index is 12.9. The number of nitrogens with zero attached hydrogens (tertiary/aromatic N) is 4. The van der Waals surface area contributed by atoms with Crippen LogP contribution in [0.4, 0.5) is 0 Å². The van der Waals surface area contributed by atoms with Gasteiger partial charge in [-0.3, -0.25) is 14.3 Å². The van der Waals surface area contributed by atoms with Crippen molar-refractivity contribution in [3.05, 3.63) is 54.9 Å². The van der Waals surface area contributed by atoms with Crippen molar-refractivity contribution in [2.45, 2.75) is 51.2 Å². The standard InChI is InChI=1S/C25H29N5OS/c1-24(2)18-11-12-25(24,3)20(14-18)27-21(31)16-32-23-29-28-22(17-8-7-13-26-15-17)30(23)19-9-5-4-6-10-19/h4-10,13,15,18,20H,11-12,14,16H2,1-3H3,(H,27,31).